The summed E-state index contributed by atoms with van der Waals surface area (Å²) < 4.78 is 0. The number of allylic oxidation sites excluding steroid dienone is 1. The van der Waals surface area contributed by atoms with Crippen LogP contribution in [0.25, 0.3) is 0 Å². The maximum Gasteiger partial charge on any atom is 1.00 e. The number of hydrogen-bond acceptors (Lipinski definition) is 4. The molecule has 0 aliphatic heterocycles. The molecule has 0 aromatic heterocycles. The van der Waals surface area contributed by atoms with Gasteiger partial charge in [-0.05, 0) is 12.0 Å². The number of carboxylic acid groups (broad SMARTS) is 1. The van der Waals surface area contributed by atoms with Crippen LogP contribution in [0.3, 0.4) is 0 Å². The predicted molar refractivity (Wildman–Crippen MR) is 77.1 cm³/mol. The van der Waals surface area contributed by atoms with Crippen LogP contribution < -0.4 is 64.2 Å². The fraction of sp³-hybridized carbons (Fsp3) is 0.111. The first kappa shape index (κ1) is 25.3. The Balaban J connectivity index is 0. The number of carbonyl (C=O) groups excluding carboxylic acids is 3. The SMILES string of the molecule is O=C([O-])C(=[C-]Cc1ccccc1)Cc1ccccc1.O=C=O.[Na+].[Na+]. The molecule has 6 heteroatoms. The van der Waals surface area contributed by atoms with Gasteiger partial charge in [0.2, 0.25) is 0 Å². The fourth-order valence-electron chi connectivity index (χ4n) is 1.81. The van der Waals surface area contributed by atoms with E-state index in [1.54, 1.807) is 0 Å². The largest absolute Gasteiger partial charge is 1.00 e. The molecule has 2 aromatic carbocycles. The van der Waals surface area contributed by atoms with Crippen LogP contribution in [0.4, 0.5) is 0 Å². The van der Waals surface area contributed by atoms with E-state index in [-0.39, 0.29) is 70.8 Å². The van der Waals surface area contributed by atoms with Crippen LogP contribution in [0.1, 0.15) is 11.1 Å². The minimum atomic E-state index is -1.15. The first-order chi connectivity index (χ1) is 10.7. The molecule has 0 bridgehead atoms. The number of carbonyl (C=O) groups is 1. The molecule has 0 amide bonds. The maximum absolute atomic E-state index is 11.1. The van der Waals surface area contributed by atoms with Gasteiger partial charge >= 0.3 is 65.3 Å². The van der Waals surface area contributed by atoms with Crippen LogP contribution in [0.2, 0.25) is 0 Å². The van der Waals surface area contributed by atoms with Gasteiger partial charge in [0, 0.05) is 0 Å². The molecule has 24 heavy (non-hydrogen) atoms. The molecule has 4 nitrogen and oxygen atoms in total. The molecule has 0 heterocycles. The minimum Gasteiger partial charge on any atom is -0.658 e. The van der Waals surface area contributed by atoms with Crippen LogP contribution in [0.5, 0.6) is 0 Å². The van der Waals surface area contributed by atoms with Gasteiger partial charge in [0.15, 0.2) is 0 Å². The van der Waals surface area contributed by atoms with Gasteiger partial charge in [-0.2, -0.15) is 15.2 Å². The van der Waals surface area contributed by atoms with E-state index in [2.05, 4.69) is 6.08 Å². The Morgan fingerprint density at radius 3 is 1.71 bits per heavy atom. The van der Waals surface area contributed by atoms with Crippen LogP contribution in [0, 0.1) is 6.08 Å². The number of hydrogen-bond donors (Lipinski definition) is 0. The Labute approximate surface area is 185 Å². The van der Waals surface area contributed by atoms with E-state index in [0.717, 1.165) is 11.1 Å². The molecule has 0 N–H and O–H groups in total. The third-order valence-electron chi connectivity index (χ3n) is 2.82. The zero-order chi connectivity index (χ0) is 16.2. The molecule has 0 atom stereocenters. The van der Waals surface area contributed by atoms with E-state index in [1.807, 2.05) is 60.7 Å². The predicted octanol–water partition coefficient (Wildman–Crippen LogP) is -4.62. The quantitative estimate of drug-likeness (QED) is 0.312. The molecule has 0 spiro atoms. The van der Waals surface area contributed by atoms with Crippen molar-refractivity contribution in [3.8, 4) is 0 Å². The zero-order valence-corrected chi connectivity index (χ0v) is 17.8. The summed E-state index contributed by atoms with van der Waals surface area (Å²) in [5, 5.41) is 11.1. The van der Waals surface area contributed by atoms with Gasteiger partial charge in [-0.15, -0.1) is 5.97 Å². The van der Waals surface area contributed by atoms with Crippen molar-refractivity contribution in [2.45, 2.75) is 12.8 Å². The monoisotopic (exact) mass is 340 g/mol. The molecule has 0 aliphatic carbocycles. The Kier molecular flexibility index (Phi) is 16.4. The van der Waals surface area contributed by atoms with Crippen molar-refractivity contribution in [3.63, 3.8) is 0 Å². The van der Waals surface area contributed by atoms with Crippen molar-refractivity contribution in [2.75, 3.05) is 0 Å². The summed E-state index contributed by atoms with van der Waals surface area (Å²) in [6.45, 7) is 0. The summed E-state index contributed by atoms with van der Waals surface area (Å²) in [5.74, 6) is -1.15. The number of benzene rings is 2. The molecular weight excluding hydrogens is 326 g/mol. The molecule has 0 saturated heterocycles. The van der Waals surface area contributed by atoms with Crippen LogP contribution in [-0.4, -0.2) is 12.1 Å². The van der Waals surface area contributed by atoms with Crippen molar-refractivity contribution in [3.05, 3.63) is 83.4 Å². The Bertz CT molecular complexity index is 649. The van der Waals surface area contributed by atoms with E-state index in [1.165, 1.54) is 0 Å². The summed E-state index contributed by atoms with van der Waals surface area (Å²) in [7, 11) is 0. The van der Waals surface area contributed by atoms with E-state index in [0.29, 0.717) is 12.8 Å². The van der Waals surface area contributed by atoms with E-state index < -0.39 is 5.97 Å². The Morgan fingerprint density at radius 1 is 0.875 bits per heavy atom. The number of rotatable bonds is 5. The topological polar surface area (TPSA) is 74.3 Å². The van der Waals surface area contributed by atoms with E-state index in [4.69, 9.17) is 9.59 Å². The summed E-state index contributed by atoms with van der Waals surface area (Å²) in [6.07, 6.45) is 4.01. The first-order valence-electron chi connectivity index (χ1n) is 6.55. The third kappa shape index (κ3) is 10.7. The van der Waals surface area contributed by atoms with Gasteiger partial charge in [-0.3, -0.25) is 6.08 Å². The van der Waals surface area contributed by atoms with Crippen LogP contribution in [-0.2, 0) is 27.2 Å². The van der Waals surface area contributed by atoms with E-state index >= 15 is 0 Å². The van der Waals surface area contributed by atoms with Gasteiger partial charge < -0.3 is 9.90 Å². The summed E-state index contributed by atoms with van der Waals surface area (Å²) in [5.41, 5.74) is 2.19. The normalized spacial score (nSPS) is 9.25. The van der Waals surface area contributed by atoms with Crippen LogP contribution >= 0.6 is 0 Å². The Morgan fingerprint density at radius 2 is 1.29 bits per heavy atom. The molecule has 0 radical (unpaired) electrons. The van der Waals surface area contributed by atoms with Crippen molar-refractivity contribution in [1.82, 2.24) is 0 Å². The van der Waals surface area contributed by atoms with E-state index in [9.17, 15) is 9.90 Å². The van der Waals surface area contributed by atoms with Crippen LogP contribution in [0.15, 0.2) is 66.2 Å². The average molecular weight is 340 g/mol. The zero-order valence-electron chi connectivity index (χ0n) is 13.8. The first-order valence-corrected chi connectivity index (χ1v) is 6.55. The third-order valence-corrected chi connectivity index (χ3v) is 2.82. The second kappa shape index (κ2) is 15.6. The maximum atomic E-state index is 11.1. The van der Waals surface area contributed by atoms with Crippen molar-refractivity contribution >= 4 is 12.1 Å². The van der Waals surface area contributed by atoms with Gasteiger partial charge in [0.05, 0.1) is 0 Å². The Hall–Kier alpha value is -0.970. The molecule has 112 valence electrons. The summed E-state index contributed by atoms with van der Waals surface area (Å²) in [4.78, 5) is 27.4. The average Bonchev–Trinajstić information content (AvgIpc) is 2.54. The second-order valence-corrected chi connectivity index (χ2v) is 4.35. The van der Waals surface area contributed by atoms with Gasteiger partial charge in [-0.1, -0.05) is 72.6 Å². The van der Waals surface area contributed by atoms with Gasteiger partial charge in [-0.25, -0.2) is 0 Å². The number of aliphatic carboxylic acids is 1. The molecule has 0 fully saturated rings. The van der Waals surface area contributed by atoms with Crippen molar-refractivity contribution < 1.29 is 78.6 Å². The molecule has 0 aliphatic rings. The smallest absolute Gasteiger partial charge is 0.658 e. The van der Waals surface area contributed by atoms with Gasteiger partial charge in [0.25, 0.3) is 0 Å². The second-order valence-electron chi connectivity index (χ2n) is 4.35. The van der Waals surface area contributed by atoms with Crippen molar-refractivity contribution in [2.24, 2.45) is 0 Å². The molecular formula is C18H14Na2O4. The van der Waals surface area contributed by atoms with Gasteiger partial charge in [0.1, 0.15) is 0 Å². The standard InChI is InChI=1S/C17H15O2.CO2.2Na/c18-17(19)16(13-15-9-5-2-6-10-15)12-11-14-7-3-1-4-8-14;2-1-3;;/h1-10H,11,13H2,(H,18,19);;;/q-1;;2*+1/p-1. The molecule has 0 saturated carbocycles. The van der Waals surface area contributed by atoms with Crippen molar-refractivity contribution in [1.29, 1.82) is 0 Å². The minimum absolute atomic E-state index is 0. The summed E-state index contributed by atoms with van der Waals surface area (Å²) in [6, 6.07) is 19.1. The number of carboxylic acids is 1. The molecule has 2 rings (SSSR count). The molecule has 0 unspecified atom stereocenters. The fourth-order valence-corrected chi connectivity index (χ4v) is 1.81. The summed E-state index contributed by atoms with van der Waals surface area (Å²) >= 11 is 0. The molecule has 2 aromatic rings.